The fourth-order valence-electron chi connectivity index (χ4n) is 3.27. The molecule has 3 rings (SSSR count). The van der Waals surface area contributed by atoms with Crippen LogP contribution in [0.2, 0.25) is 0 Å². The molecule has 1 aromatic heterocycles. The highest BCUT2D eigenvalue weighted by Gasteiger charge is 2.29. The number of amides is 1. The van der Waals surface area contributed by atoms with Crippen LogP contribution in [0.4, 0.5) is 0 Å². The highest BCUT2D eigenvalue weighted by Crippen LogP contribution is 2.25. The van der Waals surface area contributed by atoms with Gasteiger partial charge in [0, 0.05) is 17.6 Å². The molecule has 1 amide bonds. The zero-order valence-corrected chi connectivity index (χ0v) is 14.9. The maximum absolute atomic E-state index is 12.6. The van der Waals surface area contributed by atoms with E-state index < -0.39 is 0 Å². The summed E-state index contributed by atoms with van der Waals surface area (Å²) in [5.74, 6) is 7.18. The third-order valence-corrected chi connectivity index (χ3v) is 5.43. The van der Waals surface area contributed by atoms with Crippen molar-refractivity contribution in [2.75, 3.05) is 11.6 Å². The minimum absolute atomic E-state index is 0.143. The zero-order valence-electron chi connectivity index (χ0n) is 14.1. The molecule has 0 bridgehead atoms. The SMILES string of the molecule is C[C@@H]1CCC[C@@H](C)N1C(=O)CSc1nnc(-c2ccccc2)n1N. The summed E-state index contributed by atoms with van der Waals surface area (Å²) in [5.41, 5.74) is 0.906. The lowest BCUT2D eigenvalue weighted by Gasteiger charge is -2.39. The predicted molar refractivity (Wildman–Crippen MR) is 96.0 cm³/mol. The van der Waals surface area contributed by atoms with Crippen molar-refractivity contribution in [1.82, 2.24) is 19.8 Å². The Balaban J connectivity index is 1.67. The first-order chi connectivity index (χ1) is 11.6. The van der Waals surface area contributed by atoms with E-state index in [9.17, 15) is 4.79 Å². The second-order valence-corrected chi connectivity index (χ2v) is 7.20. The molecule has 1 aliphatic heterocycles. The van der Waals surface area contributed by atoms with Gasteiger partial charge in [0.1, 0.15) is 0 Å². The summed E-state index contributed by atoms with van der Waals surface area (Å²) in [6, 6.07) is 10.3. The molecule has 1 aromatic carbocycles. The number of benzene rings is 1. The van der Waals surface area contributed by atoms with E-state index in [0.717, 1.165) is 18.4 Å². The molecule has 2 atom stereocenters. The molecule has 2 N–H and O–H groups in total. The van der Waals surface area contributed by atoms with Crippen LogP contribution in [0.3, 0.4) is 0 Å². The Bertz CT molecular complexity index is 692. The zero-order chi connectivity index (χ0) is 17.1. The Labute approximate surface area is 146 Å². The van der Waals surface area contributed by atoms with Gasteiger partial charge in [-0.2, -0.15) is 0 Å². The van der Waals surface area contributed by atoms with Gasteiger partial charge in [0.2, 0.25) is 11.1 Å². The molecule has 6 nitrogen and oxygen atoms in total. The second kappa shape index (κ2) is 7.25. The van der Waals surface area contributed by atoms with E-state index in [0.29, 0.717) is 28.8 Å². The molecular weight excluding hydrogens is 322 g/mol. The number of carbonyl (C=O) groups excluding carboxylic acids is 1. The van der Waals surface area contributed by atoms with Gasteiger partial charge in [0.15, 0.2) is 5.82 Å². The van der Waals surface area contributed by atoms with E-state index in [2.05, 4.69) is 24.0 Å². The molecule has 0 aliphatic carbocycles. The summed E-state index contributed by atoms with van der Waals surface area (Å²) in [5, 5.41) is 8.83. The number of nitrogens with zero attached hydrogens (tertiary/aromatic N) is 4. The number of likely N-dealkylation sites (tertiary alicyclic amines) is 1. The number of hydrogen-bond donors (Lipinski definition) is 1. The molecule has 7 heteroatoms. The van der Waals surface area contributed by atoms with Crippen molar-refractivity contribution < 1.29 is 4.79 Å². The highest BCUT2D eigenvalue weighted by atomic mass is 32.2. The van der Waals surface area contributed by atoms with Crippen molar-refractivity contribution in [2.45, 2.75) is 50.4 Å². The van der Waals surface area contributed by atoms with Crippen molar-refractivity contribution in [1.29, 1.82) is 0 Å². The Morgan fingerprint density at radius 3 is 2.54 bits per heavy atom. The van der Waals surface area contributed by atoms with Crippen LogP contribution in [-0.4, -0.2) is 43.5 Å². The van der Waals surface area contributed by atoms with Crippen LogP contribution in [0.1, 0.15) is 33.1 Å². The molecule has 24 heavy (non-hydrogen) atoms. The fourth-order valence-corrected chi connectivity index (χ4v) is 4.00. The molecule has 0 saturated carbocycles. The Hall–Kier alpha value is -2.02. The van der Waals surface area contributed by atoms with Crippen LogP contribution in [0.5, 0.6) is 0 Å². The minimum Gasteiger partial charge on any atom is -0.337 e. The van der Waals surface area contributed by atoms with Gasteiger partial charge < -0.3 is 10.7 Å². The first-order valence-electron chi connectivity index (χ1n) is 8.27. The summed E-state index contributed by atoms with van der Waals surface area (Å²) >= 11 is 1.34. The standard InChI is InChI=1S/C17H23N5OS/c1-12-7-6-8-13(2)21(12)15(23)11-24-17-20-19-16(22(17)18)14-9-4-3-5-10-14/h3-5,9-10,12-13H,6-8,11,18H2,1-2H3/t12-,13-/m1/s1. The van der Waals surface area contributed by atoms with Crippen molar-refractivity contribution in [3.05, 3.63) is 30.3 Å². The van der Waals surface area contributed by atoms with E-state index in [4.69, 9.17) is 5.84 Å². The van der Waals surface area contributed by atoms with Crippen LogP contribution >= 0.6 is 11.8 Å². The van der Waals surface area contributed by atoms with Gasteiger partial charge >= 0.3 is 0 Å². The van der Waals surface area contributed by atoms with E-state index >= 15 is 0 Å². The molecule has 128 valence electrons. The molecule has 1 fully saturated rings. The van der Waals surface area contributed by atoms with E-state index in [1.807, 2.05) is 35.2 Å². The fraction of sp³-hybridized carbons (Fsp3) is 0.471. The lowest BCUT2D eigenvalue weighted by Crippen LogP contribution is -2.48. The average molecular weight is 345 g/mol. The first-order valence-corrected chi connectivity index (χ1v) is 9.26. The van der Waals surface area contributed by atoms with Gasteiger partial charge in [-0.15, -0.1) is 10.2 Å². The molecule has 0 unspecified atom stereocenters. The third kappa shape index (κ3) is 3.40. The van der Waals surface area contributed by atoms with Crippen LogP contribution < -0.4 is 5.84 Å². The van der Waals surface area contributed by atoms with Crippen LogP contribution in [0.25, 0.3) is 11.4 Å². The molecule has 2 aromatic rings. The normalized spacial score (nSPS) is 21.0. The lowest BCUT2D eigenvalue weighted by molar-refractivity contribution is -0.134. The van der Waals surface area contributed by atoms with E-state index in [1.165, 1.54) is 22.9 Å². The van der Waals surface area contributed by atoms with Gasteiger partial charge in [-0.1, -0.05) is 42.1 Å². The van der Waals surface area contributed by atoms with Gasteiger partial charge in [-0.05, 0) is 33.1 Å². The van der Waals surface area contributed by atoms with Crippen LogP contribution in [0.15, 0.2) is 35.5 Å². The second-order valence-electron chi connectivity index (χ2n) is 6.26. The minimum atomic E-state index is 0.143. The molecule has 2 heterocycles. The summed E-state index contributed by atoms with van der Waals surface area (Å²) in [4.78, 5) is 14.6. The lowest BCUT2D eigenvalue weighted by atomic mass is 9.98. The number of aromatic nitrogens is 3. The number of nitrogen functional groups attached to an aromatic ring is 1. The number of thioether (sulfide) groups is 1. The van der Waals surface area contributed by atoms with Crippen molar-refractivity contribution in [2.24, 2.45) is 0 Å². The maximum atomic E-state index is 12.6. The van der Waals surface area contributed by atoms with Gasteiger partial charge in [0.05, 0.1) is 5.75 Å². The van der Waals surface area contributed by atoms with Crippen molar-refractivity contribution in [3.63, 3.8) is 0 Å². The Morgan fingerprint density at radius 2 is 1.88 bits per heavy atom. The van der Waals surface area contributed by atoms with Gasteiger partial charge in [-0.3, -0.25) is 4.79 Å². The molecule has 0 spiro atoms. The van der Waals surface area contributed by atoms with Gasteiger partial charge in [-0.25, -0.2) is 4.68 Å². The maximum Gasteiger partial charge on any atom is 0.233 e. The number of piperidine rings is 1. The van der Waals surface area contributed by atoms with Crippen LogP contribution in [0, 0.1) is 0 Å². The number of nitrogens with two attached hydrogens (primary N) is 1. The Kier molecular flexibility index (Phi) is 5.08. The quantitative estimate of drug-likeness (QED) is 0.681. The highest BCUT2D eigenvalue weighted by molar-refractivity contribution is 7.99. The number of hydrogen-bond acceptors (Lipinski definition) is 5. The average Bonchev–Trinajstić information content (AvgIpc) is 2.94. The summed E-state index contributed by atoms with van der Waals surface area (Å²) in [6.45, 7) is 4.24. The van der Waals surface area contributed by atoms with E-state index in [1.54, 1.807) is 0 Å². The molecule has 1 aliphatic rings. The summed E-state index contributed by atoms with van der Waals surface area (Å²) in [7, 11) is 0. The molecular formula is C17H23N5OS. The van der Waals surface area contributed by atoms with Gasteiger partial charge in [0.25, 0.3) is 0 Å². The van der Waals surface area contributed by atoms with Crippen molar-refractivity contribution >= 4 is 17.7 Å². The molecule has 0 radical (unpaired) electrons. The largest absolute Gasteiger partial charge is 0.337 e. The number of rotatable bonds is 4. The monoisotopic (exact) mass is 345 g/mol. The predicted octanol–water partition coefficient (Wildman–Crippen LogP) is 2.54. The first kappa shape index (κ1) is 16.8. The number of carbonyl (C=O) groups is 1. The van der Waals surface area contributed by atoms with E-state index in [-0.39, 0.29) is 5.91 Å². The van der Waals surface area contributed by atoms with Crippen molar-refractivity contribution in [3.8, 4) is 11.4 Å². The Morgan fingerprint density at radius 1 is 1.21 bits per heavy atom. The van der Waals surface area contributed by atoms with Crippen LogP contribution in [-0.2, 0) is 4.79 Å². The smallest absolute Gasteiger partial charge is 0.233 e. The summed E-state index contributed by atoms with van der Waals surface area (Å²) < 4.78 is 1.45. The summed E-state index contributed by atoms with van der Waals surface area (Å²) in [6.07, 6.45) is 3.34. The third-order valence-electron chi connectivity index (χ3n) is 4.50. The topological polar surface area (TPSA) is 77.0 Å². The molecule has 1 saturated heterocycles.